The molecule has 2 heterocycles. The summed E-state index contributed by atoms with van der Waals surface area (Å²) in [5.74, 6) is 3.22. The summed E-state index contributed by atoms with van der Waals surface area (Å²) >= 11 is 0. The highest BCUT2D eigenvalue weighted by Gasteiger charge is 2.44. The molecule has 31 heavy (non-hydrogen) atoms. The lowest BCUT2D eigenvalue weighted by Gasteiger charge is -2.35. The Morgan fingerprint density at radius 2 is 1.74 bits per heavy atom. The minimum absolute atomic E-state index is 0.0763. The molecule has 1 saturated heterocycles. The summed E-state index contributed by atoms with van der Waals surface area (Å²) in [7, 11) is 0. The van der Waals surface area contributed by atoms with Crippen LogP contribution in [0.5, 0.6) is 17.2 Å². The molecule has 0 spiro atoms. The maximum atomic E-state index is 13.0. The highest BCUT2D eigenvalue weighted by molar-refractivity contribution is 5.94. The molecule has 6 nitrogen and oxygen atoms in total. The largest absolute Gasteiger partial charge is 0.488 e. The fourth-order valence-corrected chi connectivity index (χ4v) is 5.00. The number of aliphatic hydroxyl groups is 1. The van der Waals surface area contributed by atoms with Gasteiger partial charge in [-0.15, -0.1) is 0 Å². The van der Waals surface area contributed by atoms with Crippen LogP contribution in [0.2, 0.25) is 0 Å². The van der Waals surface area contributed by atoms with Crippen molar-refractivity contribution in [2.45, 2.75) is 44.8 Å². The molecule has 1 amide bonds. The van der Waals surface area contributed by atoms with Crippen molar-refractivity contribution in [3.05, 3.63) is 53.6 Å². The van der Waals surface area contributed by atoms with E-state index < -0.39 is 6.10 Å². The van der Waals surface area contributed by atoms with Crippen molar-refractivity contribution in [1.29, 1.82) is 0 Å². The molecule has 2 aromatic carbocycles. The number of rotatable bonds is 4. The van der Waals surface area contributed by atoms with Gasteiger partial charge in [0.1, 0.15) is 11.9 Å². The quantitative estimate of drug-likeness (QED) is 0.810. The van der Waals surface area contributed by atoms with Crippen LogP contribution in [-0.4, -0.2) is 48.0 Å². The zero-order valence-electron chi connectivity index (χ0n) is 18.0. The third-order valence-corrected chi connectivity index (χ3v) is 6.83. The summed E-state index contributed by atoms with van der Waals surface area (Å²) in [6, 6.07) is 13.4. The minimum Gasteiger partial charge on any atom is -0.488 e. The number of fused-ring (bicyclic) bond motifs is 2. The van der Waals surface area contributed by atoms with Crippen molar-refractivity contribution in [1.82, 2.24) is 4.90 Å². The van der Waals surface area contributed by atoms with Gasteiger partial charge < -0.3 is 24.2 Å². The fourth-order valence-electron chi connectivity index (χ4n) is 5.00. The first-order chi connectivity index (χ1) is 15.0. The van der Waals surface area contributed by atoms with Gasteiger partial charge in [-0.25, -0.2) is 0 Å². The highest BCUT2D eigenvalue weighted by Crippen LogP contribution is 2.40. The summed E-state index contributed by atoms with van der Waals surface area (Å²) in [5.41, 5.74) is 1.97. The first kappa shape index (κ1) is 20.2. The van der Waals surface area contributed by atoms with E-state index in [4.69, 9.17) is 14.2 Å². The zero-order chi connectivity index (χ0) is 21.5. The number of ether oxygens (including phenoxy) is 3. The molecule has 2 fully saturated rings. The third kappa shape index (κ3) is 3.97. The Balaban J connectivity index is 1.23. The Hall–Kier alpha value is -2.73. The van der Waals surface area contributed by atoms with Crippen molar-refractivity contribution >= 4 is 5.91 Å². The smallest absolute Gasteiger partial charge is 0.253 e. The number of benzene rings is 2. The number of hydrogen-bond donors (Lipinski definition) is 1. The maximum absolute atomic E-state index is 13.0. The number of likely N-dealkylation sites (tertiary alicyclic amines) is 1. The molecule has 1 N–H and O–H groups in total. The van der Waals surface area contributed by atoms with E-state index in [2.05, 4.69) is 13.8 Å². The number of aliphatic hydroxyl groups excluding tert-OH is 1. The molecular formula is C25H29NO5. The van der Waals surface area contributed by atoms with E-state index in [9.17, 15) is 9.90 Å². The van der Waals surface area contributed by atoms with Gasteiger partial charge in [-0.3, -0.25) is 4.79 Å². The molecule has 0 unspecified atom stereocenters. The van der Waals surface area contributed by atoms with E-state index in [1.54, 1.807) is 0 Å². The third-order valence-electron chi connectivity index (χ3n) is 6.83. The van der Waals surface area contributed by atoms with Gasteiger partial charge in [0, 0.05) is 24.7 Å². The topological polar surface area (TPSA) is 68.2 Å². The lowest BCUT2D eigenvalue weighted by Crippen LogP contribution is -2.42. The van der Waals surface area contributed by atoms with E-state index in [0.29, 0.717) is 54.5 Å². The lowest BCUT2D eigenvalue weighted by atomic mass is 9.78. The van der Waals surface area contributed by atoms with Crippen LogP contribution in [0.1, 0.15) is 48.5 Å². The van der Waals surface area contributed by atoms with Crippen LogP contribution in [0.15, 0.2) is 42.5 Å². The number of nitrogens with zero attached hydrogens (tertiary/aromatic N) is 1. The molecule has 2 aromatic rings. The average molecular weight is 424 g/mol. The van der Waals surface area contributed by atoms with Gasteiger partial charge in [-0.1, -0.05) is 26.0 Å². The van der Waals surface area contributed by atoms with Gasteiger partial charge in [-0.05, 0) is 60.4 Å². The first-order valence-electron chi connectivity index (χ1n) is 11.1. The van der Waals surface area contributed by atoms with E-state index in [1.807, 2.05) is 47.4 Å². The van der Waals surface area contributed by atoms with Gasteiger partial charge >= 0.3 is 0 Å². The summed E-state index contributed by atoms with van der Waals surface area (Å²) in [4.78, 5) is 15.0. The molecule has 0 aromatic heterocycles. The Morgan fingerprint density at radius 1 is 1.03 bits per heavy atom. The summed E-state index contributed by atoms with van der Waals surface area (Å²) in [5, 5.41) is 10.7. The van der Waals surface area contributed by atoms with Crippen LogP contribution < -0.4 is 14.2 Å². The number of carbonyl (C=O) groups excluding carboxylic acids is 1. The van der Waals surface area contributed by atoms with E-state index >= 15 is 0 Å². The molecule has 5 rings (SSSR count). The van der Waals surface area contributed by atoms with E-state index in [-0.39, 0.29) is 18.8 Å². The summed E-state index contributed by atoms with van der Waals surface area (Å²) in [6.45, 7) is 5.93. The predicted octanol–water partition coefficient (Wildman–Crippen LogP) is 3.83. The zero-order valence-corrected chi connectivity index (χ0v) is 18.0. The monoisotopic (exact) mass is 423 g/mol. The van der Waals surface area contributed by atoms with Crippen LogP contribution in [0.4, 0.5) is 0 Å². The van der Waals surface area contributed by atoms with E-state index in [0.717, 1.165) is 12.0 Å². The van der Waals surface area contributed by atoms with Crippen LogP contribution in [0, 0.1) is 11.8 Å². The fraction of sp³-hybridized carbons (Fsp3) is 0.480. The lowest BCUT2D eigenvalue weighted by molar-refractivity contribution is -0.0232. The van der Waals surface area contributed by atoms with Gasteiger partial charge in [0.05, 0.1) is 6.10 Å². The Bertz CT molecular complexity index is 957. The normalized spacial score (nSPS) is 26.8. The maximum Gasteiger partial charge on any atom is 0.253 e. The predicted molar refractivity (Wildman–Crippen MR) is 116 cm³/mol. The molecule has 2 aliphatic heterocycles. The van der Waals surface area contributed by atoms with Crippen LogP contribution in [-0.2, 0) is 0 Å². The van der Waals surface area contributed by atoms with Crippen molar-refractivity contribution in [3.8, 4) is 17.2 Å². The molecule has 0 radical (unpaired) electrons. The second kappa shape index (κ2) is 8.08. The molecule has 3 aliphatic rings. The summed E-state index contributed by atoms with van der Waals surface area (Å²) < 4.78 is 16.9. The van der Waals surface area contributed by atoms with Crippen molar-refractivity contribution in [2.24, 2.45) is 11.8 Å². The second-order valence-corrected chi connectivity index (χ2v) is 9.22. The molecule has 164 valence electrons. The van der Waals surface area contributed by atoms with Crippen LogP contribution in [0.3, 0.4) is 0 Å². The highest BCUT2D eigenvalue weighted by atomic mass is 16.7. The average Bonchev–Trinajstić information content (AvgIpc) is 3.39. The van der Waals surface area contributed by atoms with E-state index in [1.165, 1.54) is 5.56 Å². The number of amides is 1. The standard InChI is InChI=1S/C25H29NO5/c1-15(2)16-3-5-17(6-4-16)25(28)26-12-18-9-21(27)23(10-19(18)13-26)31-20-7-8-22-24(11-20)30-14-29-22/h3-8,11,15,18-19,21,23,27H,9-10,12-14H2,1-2H3/t18-,19+,21+,23+/m0/s1. The van der Waals surface area contributed by atoms with Gasteiger partial charge in [0.25, 0.3) is 5.91 Å². The number of hydrogen-bond acceptors (Lipinski definition) is 5. The molecule has 4 atom stereocenters. The molecule has 0 bridgehead atoms. The van der Waals surface area contributed by atoms with Crippen molar-refractivity contribution in [3.63, 3.8) is 0 Å². The van der Waals surface area contributed by atoms with Gasteiger partial charge in [-0.2, -0.15) is 0 Å². The Kier molecular flexibility index (Phi) is 5.26. The number of carbonyl (C=O) groups is 1. The Labute approximate surface area is 182 Å². The SMILES string of the molecule is CC(C)c1ccc(C(=O)N2C[C@H]3C[C@@H](Oc4ccc5c(c4)OCO5)[C@H](O)C[C@H]3C2)cc1. The molecule has 6 heteroatoms. The van der Waals surface area contributed by atoms with Crippen LogP contribution in [0.25, 0.3) is 0 Å². The van der Waals surface area contributed by atoms with Crippen molar-refractivity contribution in [2.75, 3.05) is 19.9 Å². The summed E-state index contributed by atoms with van der Waals surface area (Å²) in [6.07, 6.45) is 0.542. The van der Waals surface area contributed by atoms with Gasteiger partial charge in [0.15, 0.2) is 11.5 Å². The van der Waals surface area contributed by atoms with Gasteiger partial charge in [0.2, 0.25) is 6.79 Å². The Morgan fingerprint density at radius 3 is 2.48 bits per heavy atom. The molecule has 1 saturated carbocycles. The van der Waals surface area contributed by atoms with Crippen molar-refractivity contribution < 1.29 is 24.1 Å². The second-order valence-electron chi connectivity index (χ2n) is 9.22. The minimum atomic E-state index is -0.549. The van der Waals surface area contributed by atoms with Crippen LogP contribution >= 0.6 is 0 Å². The molecular weight excluding hydrogens is 394 g/mol. The molecule has 1 aliphatic carbocycles. The first-order valence-corrected chi connectivity index (χ1v) is 11.1.